The second-order valence-corrected chi connectivity index (χ2v) is 10.4. The fraction of sp³-hybridized carbons (Fsp3) is 0.250. The Labute approximate surface area is 247 Å². The first-order valence-corrected chi connectivity index (χ1v) is 14.3. The minimum atomic E-state index is -3.08. The summed E-state index contributed by atoms with van der Waals surface area (Å²) in [7, 11) is 0. The van der Waals surface area contributed by atoms with Crippen LogP contribution in [0.1, 0.15) is 46.6 Å². The summed E-state index contributed by atoms with van der Waals surface area (Å²) in [4.78, 5) is 13.4. The average molecular weight is 569 g/mol. The van der Waals surface area contributed by atoms with Crippen molar-refractivity contribution in [2.75, 3.05) is 19.7 Å². The van der Waals surface area contributed by atoms with Crippen molar-refractivity contribution in [3.05, 3.63) is 150 Å². The number of carbonyl (C=O) groups is 1. The number of benzene rings is 4. The minimum Gasteiger partial charge on any atom is -0.494 e. The molecule has 4 aromatic rings. The quantitative estimate of drug-likeness (QED) is 0.113. The Morgan fingerprint density at radius 2 is 1.52 bits per heavy atom. The molecule has 0 atom stereocenters. The van der Waals surface area contributed by atoms with Crippen molar-refractivity contribution >= 4 is 5.91 Å². The molecule has 0 fully saturated rings. The van der Waals surface area contributed by atoms with E-state index in [9.17, 15) is 13.6 Å². The van der Waals surface area contributed by atoms with Crippen LogP contribution >= 0.6 is 0 Å². The van der Waals surface area contributed by atoms with Crippen LogP contribution in [0.15, 0.2) is 122 Å². The summed E-state index contributed by atoms with van der Waals surface area (Å²) in [6.45, 7) is 5.77. The number of carbonyl (C=O) groups excluding carboxylic acids is 1. The monoisotopic (exact) mass is 568 g/mol. The number of hydrogen-bond donors (Lipinski definition) is 1. The van der Waals surface area contributed by atoms with Gasteiger partial charge in [0.15, 0.2) is 0 Å². The van der Waals surface area contributed by atoms with Gasteiger partial charge in [-0.25, -0.2) is 0 Å². The number of amides is 1. The summed E-state index contributed by atoms with van der Waals surface area (Å²) in [6, 6.07) is 35.0. The van der Waals surface area contributed by atoms with E-state index in [4.69, 9.17) is 10.5 Å². The van der Waals surface area contributed by atoms with Gasteiger partial charge in [0.1, 0.15) is 5.75 Å². The molecule has 0 aliphatic heterocycles. The number of ether oxygens (including phenoxy) is 1. The number of allylic oxidation sites excluding steroid dienone is 1. The van der Waals surface area contributed by atoms with E-state index in [1.54, 1.807) is 12.1 Å². The van der Waals surface area contributed by atoms with Crippen molar-refractivity contribution in [3.63, 3.8) is 0 Å². The molecule has 0 bridgehead atoms. The van der Waals surface area contributed by atoms with Crippen LogP contribution in [0.5, 0.6) is 5.75 Å². The molecule has 218 valence electrons. The van der Waals surface area contributed by atoms with Gasteiger partial charge < -0.3 is 10.5 Å². The lowest BCUT2D eigenvalue weighted by atomic mass is 9.90. The summed E-state index contributed by atoms with van der Waals surface area (Å²) < 4.78 is 34.8. The van der Waals surface area contributed by atoms with Crippen LogP contribution in [-0.2, 0) is 23.7 Å². The zero-order chi connectivity index (χ0) is 29.8. The Hall–Kier alpha value is -4.29. The molecule has 0 aromatic heterocycles. The van der Waals surface area contributed by atoms with Crippen LogP contribution in [-0.4, -0.2) is 30.5 Å². The number of hydrogen-bond acceptors (Lipinski definition) is 3. The summed E-state index contributed by atoms with van der Waals surface area (Å²) >= 11 is 0. The number of nitrogens with zero attached hydrogens (tertiary/aromatic N) is 1. The number of primary amides is 1. The van der Waals surface area contributed by atoms with Crippen molar-refractivity contribution in [3.8, 4) is 5.75 Å². The van der Waals surface area contributed by atoms with Gasteiger partial charge in [0, 0.05) is 37.5 Å². The maximum atomic E-state index is 14.4. The van der Waals surface area contributed by atoms with Crippen molar-refractivity contribution in [2.45, 2.75) is 37.6 Å². The zero-order valence-corrected chi connectivity index (χ0v) is 23.8. The highest BCUT2D eigenvalue weighted by Crippen LogP contribution is 2.30. The van der Waals surface area contributed by atoms with Crippen LogP contribution in [0.2, 0.25) is 0 Å². The molecule has 0 saturated carbocycles. The third kappa shape index (κ3) is 9.11. The highest BCUT2D eigenvalue weighted by atomic mass is 19.3. The number of halogens is 2. The van der Waals surface area contributed by atoms with Crippen molar-refractivity contribution in [1.29, 1.82) is 0 Å². The predicted molar refractivity (Wildman–Crippen MR) is 165 cm³/mol. The molecule has 1 amide bonds. The standard InChI is InChI=1S/C36H38F2N2O2/c1-2-36(37,38)32-16-9-11-29(25-32)26-40(23-10-24-42-33-20-17-28(18-21-33)19-22-35(39)41)27-34(30-12-5-3-6-13-30)31-14-7-4-8-15-31/h2-9,11-18,20-21,25,34H,1,10,19,22-24,26-27H2,(H2,39,41). The number of rotatable bonds is 16. The van der Waals surface area contributed by atoms with Crippen molar-refractivity contribution < 1.29 is 18.3 Å². The predicted octanol–water partition coefficient (Wildman–Crippen LogP) is 7.49. The van der Waals surface area contributed by atoms with Crippen LogP contribution in [0, 0.1) is 0 Å². The summed E-state index contributed by atoms with van der Waals surface area (Å²) in [6.07, 6.45) is 2.36. The molecule has 0 saturated heterocycles. The molecular weight excluding hydrogens is 530 g/mol. The number of alkyl halides is 2. The first kappa shape index (κ1) is 30.7. The molecule has 0 heterocycles. The van der Waals surface area contributed by atoms with E-state index in [1.807, 2.05) is 66.7 Å². The highest BCUT2D eigenvalue weighted by molar-refractivity contribution is 5.74. The van der Waals surface area contributed by atoms with E-state index in [1.165, 1.54) is 17.2 Å². The SMILES string of the molecule is C=CC(F)(F)c1cccc(CN(CCCOc2ccc(CCC(N)=O)cc2)CC(c2ccccc2)c2ccccc2)c1. The Bertz CT molecular complexity index is 1370. The Kier molecular flexibility index (Phi) is 11.0. The zero-order valence-electron chi connectivity index (χ0n) is 23.8. The lowest BCUT2D eigenvalue weighted by molar-refractivity contribution is -0.117. The molecular formula is C36H38F2N2O2. The van der Waals surface area contributed by atoms with Crippen molar-refractivity contribution in [2.24, 2.45) is 5.73 Å². The van der Waals surface area contributed by atoms with Crippen LogP contribution in [0.25, 0.3) is 0 Å². The summed E-state index contributed by atoms with van der Waals surface area (Å²) in [5.41, 5.74) is 9.45. The maximum absolute atomic E-state index is 14.4. The summed E-state index contributed by atoms with van der Waals surface area (Å²) in [5, 5.41) is 0. The Balaban J connectivity index is 1.48. The van der Waals surface area contributed by atoms with E-state index in [-0.39, 0.29) is 17.4 Å². The van der Waals surface area contributed by atoms with Crippen LogP contribution in [0.3, 0.4) is 0 Å². The second kappa shape index (κ2) is 15.1. The first-order chi connectivity index (χ1) is 20.3. The minimum absolute atomic E-state index is 0.0553. The number of nitrogens with two attached hydrogens (primary N) is 1. The normalized spacial score (nSPS) is 11.5. The van der Waals surface area contributed by atoms with Crippen molar-refractivity contribution in [1.82, 2.24) is 4.90 Å². The van der Waals surface area contributed by atoms with Gasteiger partial charge in [-0.2, -0.15) is 8.78 Å². The lowest BCUT2D eigenvalue weighted by Gasteiger charge is -2.29. The van der Waals surface area contributed by atoms with Gasteiger partial charge in [0.05, 0.1) is 6.61 Å². The molecule has 4 nitrogen and oxygen atoms in total. The summed E-state index contributed by atoms with van der Waals surface area (Å²) in [5.74, 6) is -2.53. The largest absolute Gasteiger partial charge is 0.494 e. The third-order valence-electron chi connectivity index (χ3n) is 7.29. The Morgan fingerprint density at radius 3 is 2.12 bits per heavy atom. The molecule has 0 radical (unpaired) electrons. The molecule has 4 aromatic carbocycles. The lowest BCUT2D eigenvalue weighted by Crippen LogP contribution is -2.31. The van der Waals surface area contributed by atoms with Gasteiger partial charge in [-0.1, -0.05) is 97.6 Å². The first-order valence-electron chi connectivity index (χ1n) is 14.3. The molecule has 0 aliphatic carbocycles. The van der Waals surface area contributed by atoms with Gasteiger partial charge in [-0.3, -0.25) is 9.69 Å². The van der Waals surface area contributed by atoms with Gasteiger partial charge in [-0.05, 0) is 59.4 Å². The fourth-order valence-electron chi connectivity index (χ4n) is 5.02. The highest BCUT2D eigenvalue weighted by Gasteiger charge is 2.27. The Morgan fingerprint density at radius 1 is 0.881 bits per heavy atom. The molecule has 0 unspecified atom stereocenters. The van der Waals surface area contributed by atoms with E-state index in [0.29, 0.717) is 38.6 Å². The van der Waals surface area contributed by atoms with Crippen LogP contribution < -0.4 is 10.5 Å². The van der Waals surface area contributed by atoms with Gasteiger partial charge in [-0.15, -0.1) is 0 Å². The molecule has 6 heteroatoms. The molecule has 42 heavy (non-hydrogen) atoms. The van der Waals surface area contributed by atoms with E-state index in [0.717, 1.165) is 29.8 Å². The van der Waals surface area contributed by atoms with E-state index >= 15 is 0 Å². The van der Waals surface area contributed by atoms with E-state index in [2.05, 4.69) is 35.7 Å². The van der Waals surface area contributed by atoms with Gasteiger partial charge >= 0.3 is 0 Å². The topological polar surface area (TPSA) is 55.6 Å². The third-order valence-corrected chi connectivity index (χ3v) is 7.29. The molecule has 2 N–H and O–H groups in total. The smallest absolute Gasteiger partial charge is 0.291 e. The van der Waals surface area contributed by atoms with E-state index < -0.39 is 5.92 Å². The second-order valence-electron chi connectivity index (χ2n) is 10.4. The van der Waals surface area contributed by atoms with Gasteiger partial charge in [0.2, 0.25) is 5.91 Å². The average Bonchev–Trinajstić information content (AvgIpc) is 3.02. The molecule has 0 aliphatic rings. The number of aryl methyl sites for hydroxylation is 1. The van der Waals surface area contributed by atoms with Gasteiger partial charge in [0.25, 0.3) is 5.92 Å². The molecule has 4 rings (SSSR count). The van der Waals surface area contributed by atoms with Crippen LogP contribution in [0.4, 0.5) is 8.78 Å². The maximum Gasteiger partial charge on any atom is 0.291 e. The molecule has 0 spiro atoms. The fourth-order valence-corrected chi connectivity index (χ4v) is 5.02.